The summed E-state index contributed by atoms with van der Waals surface area (Å²) in [5.74, 6) is 0. The average molecular weight is 315 g/mol. The van der Waals surface area contributed by atoms with Crippen molar-refractivity contribution >= 4 is 22.7 Å². The second-order valence-electron chi connectivity index (χ2n) is 7.28. The molecule has 0 radical (unpaired) electrons. The Labute approximate surface area is 136 Å². The lowest BCUT2D eigenvalue weighted by atomic mass is 10.2. The summed E-state index contributed by atoms with van der Waals surface area (Å²) in [5.41, 5.74) is 1.82. The molecule has 3 rings (SSSR count). The lowest BCUT2D eigenvalue weighted by Gasteiger charge is -2.22. The molecule has 0 bridgehead atoms. The van der Waals surface area contributed by atoms with Crippen molar-refractivity contribution in [2.75, 3.05) is 5.32 Å². The zero-order valence-electron chi connectivity index (χ0n) is 14.0. The van der Waals surface area contributed by atoms with Gasteiger partial charge in [0.15, 0.2) is 0 Å². The zero-order chi connectivity index (χ0) is 16.4. The fourth-order valence-corrected chi connectivity index (χ4v) is 3.10. The molecule has 2 atom stereocenters. The Morgan fingerprint density at radius 3 is 2.78 bits per heavy atom. The number of aromatic nitrogens is 1. The molecule has 1 aliphatic rings. The molecular weight excluding hydrogens is 290 g/mol. The van der Waals surface area contributed by atoms with E-state index in [1.807, 2.05) is 27.0 Å². The van der Waals surface area contributed by atoms with E-state index in [1.165, 1.54) is 5.39 Å². The Kier molecular flexibility index (Phi) is 4.20. The smallest absolute Gasteiger partial charge is 0.407 e. The number of rotatable bonds is 3. The van der Waals surface area contributed by atoms with Crippen LogP contribution >= 0.6 is 0 Å². The third kappa shape index (κ3) is 4.18. The van der Waals surface area contributed by atoms with Crippen LogP contribution in [-0.4, -0.2) is 28.8 Å². The van der Waals surface area contributed by atoms with E-state index < -0.39 is 5.60 Å². The van der Waals surface area contributed by atoms with E-state index in [9.17, 15) is 4.79 Å². The van der Waals surface area contributed by atoms with E-state index in [-0.39, 0.29) is 12.1 Å². The second kappa shape index (κ2) is 6.14. The molecule has 124 valence electrons. The molecule has 1 heterocycles. The Balaban J connectivity index is 1.52. The molecule has 0 spiro atoms. The molecule has 1 fully saturated rings. The summed E-state index contributed by atoms with van der Waals surface area (Å²) >= 11 is 0. The third-order valence-electron chi connectivity index (χ3n) is 4.08. The van der Waals surface area contributed by atoms with Crippen molar-refractivity contribution in [1.82, 2.24) is 10.3 Å². The van der Waals surface area contributed by atoms with Crippen LogP contribution in [0, 0.1) is 0 Å². The van der Waals surface area contributed by atoms with Crippen LogP contribution in [0.3, 0.4) is 0 Å². The number of carbonyl (C=O) groups is 1. The number of hydrogen-bond acceptors (Lipinski definition) is 3. The summed E-state index contributed by atoms with van der Waals surface area (Å²) in [7, 11) is 0. The van der Waals surface area contributed by atoms with Crippen molar-refractivity contribution in [3.05, 3.63) is 30.5 Å². The van der Waals surface area contributed by atoms with Crippen LogP contribution in [0.1, 0.15) is 40.0 Å². The Morgan fingerprint density at radius 1 is 1.22 bits per heavy atom. The van der Waals surface area contributed by atoms with Crippen molar-refractivity contribution in [3.63, 3.8) is 0 Å². The molecule has 5 nitrogen and oxygen atoms in total. The van der Waals surface area contributed by atoms with Gasteiger partial charge in [0.2, 0.25) is 0 Å². The van der Waals surface area contributed by atoms with Gasteiger partial charge in [0, 0.05) is 34.9 Å². The summed E-state index contributed by atoms with van der Waals surface area (Å²) in [4.78, 5) is 15.0. The van der Waals surface area contributed by atoms with Crippen molar-refractivity contribution in [3.8, 4) is 0 Å². The van der Waals surface area contributed by atoms with Gasteiger partial charge in [-0.1, -0.05) is 0 Å². The molecule has 2 unspecified atom stereocenters. The number of H-pyrrole nitrogens is 1. The predicted molar refractivity (Wildman–Crippen MR) is 92.7 cm³/mol. The number of fused-ring (bicyclic) bond motifs is 1. The number of carbonyl (C=O) groups excluding carboxylic acids is 1. The minimum absolute atomic E-state index is 0.179. The zero-order valence-corrected chi connectivity index (χ0v) is 14.0. The van der Waals surface area contributed by atoms with E-state index in [1.54, 1.807) is 0 Å². The average Bonchev–Trinajstić information content (AvgIpc) is 3.05. The van der Waals surface area contributed by atoms with Crippen molar-refractivity contribution in [2.24, 2.45) is 0 Å². The molecule has 23 heavy (non-hydrogen) atoms. The molecule has 1 aliphatic carbocycles. The van der Waals surface area contributed by atoms with Crippen LogP contribution in [0.2, 0.25) is 0 Å². The SMILES string of the molecule is CC(C)(C)OC(=O)NC1CCC(Nc2ccc3[nH]ccc3c2)C1. The van der Waals surface area contributed by atoms with Crippen LogP contribution in [0.25, 0.3) is 10.9 Å². The first-order valence-corrected chi connectivity index (χ1v) is 8.22. The van der Waals surface area contributed by atoms with Crippen molar-refractivity contribution in [1.29, 1.82) is 0 Å². The Bertz CT molecular complexity index is 687. The largest absolute Gasteiger partial charge is 0.444 e. The molecule has 5 heteroatoms. The summed E-state index contributed by atoms with van der Waals surface area (Å²) in [6.07, 6.45) is 4.57. The van der Waals surface area contributed by atoms with Gasteiger partial charge in [-0.05, 0) is 64.3 Å². The number of ether oxygens (including phenoxy) is 1. The molecular formula is C18H25N3O2. The van der Waals surface area contributed by atoms with Gasteiger partial charge in [0.25, 0.3) is 0 Å². The number of amides is 1. The molecule has 1 saturated carbocycles. The highest BCUT2D eigenvalue weighted by molar-refractivity contribution is 5.83. The second-order valence-corrected chi connectivity index (χ2v) is 7.28. The van der Waals surface area contributed by atoms with Crippen LogP contribution in [0.4, 0.5) is 10.5 Å². The van der Waals surface area contributed by atoms with Crippen LogP contribution < -0.4 is 10.6 Å². The van der Waals surface area contributed by atoms with Gasteiger partial charge in [0.1, 0.15) is 5.60 Å². The monoisotopic (exact) mass is 315 g/mol. The highest BCUT2D eigenvalue weighted by Crippen LogP contribution is 2.25. The normalized spacial score (nSPS) is 21.3. The summed E-state index contributed by atoms with van der Waals surface area (Å²) in [6.45, 7) is 5.63. The minimum atomic E-state index is -0.452. The Hall–Kier alpha value is -2.17. The Morgan fingerprint density at radius 2 is 2.00 bits per heavy atom. The van der Waals surface area contributed by atoms with E-state index in [2.05, 4.69) is 39.9 Å². The van der Waals surface area contributed by atoms with Gasteiger partial charge in [0.05, 0.1) is 0 Å². The maximum absolute atomic E-state index is 11.8. The number of aromatic amines is 1. The maximum Gasteiger partial charge on any atom is 0.407 e. The van der Waals surface area contributed by atoms with E-state index in [4.69, 9.17) is 4.74 Å². The lowest BCUT2D eigenvalue weighted by Crippen LogP contribution is -2.38. The van der Waals surface area contributed by atoms with Crippen LogP contribution in [-0.2, 0) is 4.74 Å². The van der Waals surface area contributed by atoms with E-state index in [0.29, 0.717) is 6.04 Å². The van der Waals surface area contributed by atoms with Gasteiger partial charge < -0.3 is 20.4 Å². The highest BCUT2D eigenvalue weighted by atomic mass is 16.6. The van der Waals surface area contributed by atoms with Gasteiger partial charge >= 0.3 is 6.09 Å². The van der Waals surface area contributed by atoms with Crippen molar-refractivity contribution < 1.29 is 9.53 Å². The predicted octanol–water partition coefficient (Wildman–Crippen LogP) is 4.03. The van der Waals surface area contributed by atoms with Crippen molar-refractivity contribution in [2.45, 2.75) is 57.7 Å². The molecule has 1 amide bonds. The highest BCUT2D eigenvalue weighted by Gasteiger charge is 2.27. The first kappa shape index (κ1) is 15.7. The maximum atomic E-state index is 11.8. The fraction of sp³-hybridized carbons (Fsp3) is 0.500. The number of anilines is 1. The molecule has 1 aromatic heterocycles. The molecule has 0 saturated heterocycles. The fourth-order valence-electron chi connectivity index (χ4n) is 3.10. The quantitative estimate of drug-likeness (QED) is 0.801. The third-order valence-corrected chi connectivity index (χ3v) is 4.08. The first-order chi connectivity index (χ1) is 10.9. The molecule has 0 aliphatic heterocycles. The molecule has 2 aromatic rings. The van der Waals surface area contributed by atoms with E-state index in [0.717, 1.165) is 30.5 Å². The number of alkyl carbamates (subject to hydrolysis) is 1. The minimum Gasteiger partial charge on any atom is -0.444 e. The summed E-state index contributed by atoms with van der Waals surface area (Å²) < 4.78 is 5.32. The van der Waals surface area contributed by atoms with Gasteiger partial charge in [-0.2, -0.15) is 0 Å². The molecule has 1 aromatic carbocycles. The lowest BCUT2D eigenvalue weighted by molar-refractivity contribution is 0.0505. The standard InChI is InChI=1S/C18H25N3O2/c1-18(2,3)23-17(22)21-15-5-4-14(11-15)20-13-6-7-16-12(10-13)8-9-19-16/h6-10,14-15,19-20H,4-5,11H2,1-3H3,(H,21,22). The first-order valence-electron chi connectivity index (χ1n) is 8.22. The number of hydrogen-bond donors (Lipinski definition) is 3. The van der Waals surface area contributed by atoms with Gasteiger partial charge in [-0.3, -0.25) is 0 Å². The van der Waals surface area contributed by atoms with Crippen LogP contribution in [0.15, 0.2) is 30.5 Å². The number of benzene rings is 1. The number of nitrogens with one attached hydrogen (secondary N) is 3. The molecule has 3 N–H and O–H groups in total. The summed E-state index contributed by atoms with van der Waals surface area (Å²) in [6, 6.07) is 8.96. The van der Waals surface area contributed by atoms with Crippen LogP contribution in [0.5, 0.6) is 0 Å². The van der Waals surface area contributed by atoms with Gasteiger partial charge in [-0.25, -0.2) is 4.79 Å². The topological polar surface area (TPSA) is 66.2 Å². The summed E-state index contributed by atoms with van der Waals surface area (Å²) in [5, 5.41) is 7.74. The van der Waals surface area contributed by atoms with E-state index >= 15 is 0 Å². The van der Waals surface area contributed by atoms with Gasteiger partial charge in [-0.15, -0.1) is 0 Å².